The van der Waals surface area contributed by atoms with Crippen molar-refractivity contribution >= 4 is 17.7 Å². The lowest BCUT2D eigenvalue weighted by Crippen LogP contribution is -2.30. The molecule has 1 aliphatic rings. The minimum Gasteiger partial charge on any atom is -0.491 e. The van der Waals surface area contributed by atoms with Crippen molar-refractivity contribution in [3.8, 4) is 5.75 Å². The first-order valence-electron chi connectivity index (χ1n) is 7.05. The van der Waals surface area contributed by atoms with Gasteiger partial charge in [0.2, 0.25) is 0 Å². The first-order chi connectivity index (χ1) is 9.77. The molecule has 0 amide bonds. The molecule has 0 aliphatic carbocycles. The molecule has 2 N–H and O–H groups in total. The first kappa shape index (κ1) is 15.2. The van der Waals surface area contributed by atoms with E-state index in [1.807, 2.05) is 11.8 Å². The number of para-hydroxylation sites is 1. The topological polar surface area (TPSA) is 58.6 Å². The van der Waals surface area contributed by atoms with Crippen LogP contribution in [0, 0.1) is 0 Å². The van der Waals surface area contributed by atoms with Crippen molar-refractivity contribution in [2.75, 3.05) is 25.4 Å². The van der Waals surface area contributed by atoms with E-state index in [-0.39, 0.29) is 5.56 Å². The molecular weight excluding hydrogens is 274 g/mol. The van der Waals surface area contributed by atoms with Gasteiger partial charge < -0.3 is 15.2 Å². The average Bonchev–Trinajstić information content (AvgIpc) is 2.48. The Morgan fingerprint density at radius 3 is 3.00 bits per heavy atom. The Hall–Kier alpha value is -1.20. The van der Waals surface area contributed by atoms with Crippen LogP contribution in [0.4, 0.5) is 0 Å². The van der Waals surface area contributed by atoms with Gasteiger partial charge in [0.25, 0.3) is 0 Å². The summed E-state index contributed by atoms with van der Waals surface area (Å²) in [5.41, 5.74) is 0.218. The van der Waals surface area contributed by atoms with E-state index < -0.39 is 5.97 Å². The van der Waals surface area contributed by atoms with Gasteiger partial charge in [0, 0.05) is 18.3 Å². The molecular formula is C15H21NO3S. The predicted molar refractivity (Wildman–Crippen MR) is 81.9 cm³/mol. The fourth-order valence-electron chi connectivity index (χ4n) is 2.23. The molecule has 110 valence electrons. The standard InChI is InChI=1S/C15H21NO3S/c17-15(18)13-6-1-2-7-14(13)19-9-8-16-11-12-5-3-4-10-20-12/h1-2,6-7,12,16H,3-5,8-11H2,(H,17,18). The summed E-state index contributed by atoms with van der Waals surface area (Å²) in [7, 11) is 0. The summed E-state index contributed by atoms with van der Waals surface area (Å²) in [5, 5.41) is 13.1. The Bertz CT molecular complexity index is 433. The number of nitrogens with one attached hydrogen (secondary N) is 1. The highest BCUT2D eigenvalue weighted by atomic mass is 32.2. The Labute approximate surface area is 123 Å². The van der Waals surface area contributed by atoms with Crippen molar-refractivity contribution in [2.45, 2.75) is 24.5 Å². The molecule has 1 aliphatic heterocycles. The van der Waals surface area contributed by atoms with E-state index in [1.54, 1.807) is 24.3 Å². The Balaban J connectivity index is 1.67. The number of benzene rings is 1. The molecule has 1 atom stereocenters. The van der Waals surface area contributed by atoms with Crippen molar-refractivity contribution < 1.29 is 14.6 Å². The fourth-order valence-corrected chi connectivity index (χ4v) is 3.51. The molecule has 5 heteroatoms. The largest absolute Gasteiger partial charge is 0.491 e. The van der Waals surface area contributed by atoms with Gasteiger partial charge >= 0.3 is 5.97 Å². The minimum absolute atomic E-state index is 0.218. The van der Waals surface area contributed by atoms with E-state index in [4.69, 9.17) is 9.84 Å². The highest BCUT2D eigenvalue weighted by molar-refractivity contribution is 7.99. The number of carbonyl (C=O) groups is 1. The number of aromatic carboxylic acids is 1. The smallest absolute Gasteiger partial charge is 0.339 e. The molecule has 2 rings (SSSR count). The molecule has 1 heterocycles. The maximum absolute atomic E-state index is 11.0. The second-order valence-electron chi connectivity index (χ2n) is 4.84. The summed E-state index contributed by atoms with van der Waals surface area (Å²) in [5.74, 6) is 0.760. The molecule has 0 radical (unpaired) electrons. The number of carboxylic acids is 1. The van der Waals surface area contributed by atoms with Gasteiger partial charge in [0.1, 0.15) is 17.9 Å². The van der Waals surface area contributed by atoms with Gasteiger partial charge in [-0.15, -0.1) is 0 Å². The van der Waals surface area contributed by atoms with Crippen LogP contribution >= 0.6 is 11.8 Å². The lowest BCUT2D eigenvalue weighted by molar-refractivity contribution is 0.0692. The molecule has 0 saturated carbocycles. The van der Waals surface area contributed by atoms with Crippen LogP contribution < -0.4 is 10.1 Å². The van der Waals surface area contributed by atoms with Crippen molar-refractivity contribution in [2.24, 2.45) is 0 Å². The van der Waals surface area contributed by atoms with Crippen LogP contribution in [0.25, 0.3) is 0 Å². The summed E-state index contributed by atoms with van der Waals surface area (Å²) in [6.07, 6.45) is 3.97. The van der Waals surface area contributed by atoms with E-state index >= 15 is 0 Å². The van der Waals surface area contributed by atoms with Crippen LogP contribution in [-0.4, -0.2) is 41.8 Å². The SMILES string of the molecule is O=C(O)c1ccccc1OCCNCC1CCCCS1. The third-order valence-electron chi connectivity index (χ3n) is 3.30. The summed E-state index contributed by atoms with van der Waals surface area (Å²) in [4.78, 5) is 11.0. The molecule has 4 nitrogen and oxygen atoms in total. The number of rotatable bonds is 7. The number of hydrogen-bond acceptors (Lipinski definition) is 4. The maximum atomic E-state index is 11.0. The van der Waals surface area contributed by atoms with Gasteiger partial charge in [-0.25, -0.2) is 4.79 Å². The van der Waals surface area contributed by atoms with E-state index in [0.717, 1.165) is 18.3 Å². The van der Waals surface area contributed by atoms with Crippen LogP contribution in [0.2, 0.25) is 0 Å². The number of thioether (sulfide) groups is 1. The van der Waals surface area contributed by atoms with Gasteiger partial charge in [-0.2, -0.15) is 11.8 Å². The van der Waals surface area contributed by atoms with Crippen LogP contribution in [0.15, 0.2) is 24.3 Å². The molecule has 0 spiro atoms. The molecule has 1 aromatic rings. The highest BCUT2D eigenvalue weighted by Crippen LogP contribution is 2.24. The number of hydrogen-bond donors (Lipinski definition) is 2. The quantitative estimate of drug-likeness (QED) is 0.757. The first-order valence-corrected chi connectivity index (χ1v) is 8.09. The average molecular weight is 295 g/mol. The van der Waals surface area contributed by atoms with E-state index in [2.05, 4.69) is 5.32 Å². The maximum Gasteiger partial charge on any atom is 0.339 e. The van der Waals surface area contributed by atoms with Gasteiger partial charge in [0.15, 0.2) is 0 Å². The Kier molecular flexibility index (Phi) is 6.21. The third kappa shape index (κ3) is 4.72. The van der Waals surface area contributed by atoms with Gasteiger partial charge in [-0.05, 0) is 30.7 Å². The Morgan fingerprint density at radius 2 is 2.25 bits per heavy atom. The lowest BCUT2D eigenvalue weighted by Gasteiger charge is -2.21. The minimum atomic E-state index is -0.952. The molecule has 1 fully saturated rings. The second-order valence-corrected chi connectivity index (χ2v) is 6.25. The zero-order valence-electron chi connectivity index (χ0n) is 11.5. The summed E-state index contributed by atoms with van der Waals surface area (Å²) in [6.45, 7) is 2.24. The van der Waals surface area contributed by atoms with Crippen molar-refractivity contribution in [1.82, 2.24) is 5.32 Å². The molecule has 20 heavy (non-hydrogen) atoms. The highest BCUT2D eigenvalue weighted by Gasteiger charge is 2.13. The molecule has 0 aromatic heterocycles. The van der Waals surface area contributed by atoms with Crippen molar-refractivity contribution in [3.63, 3.8) is 0 Å². The monoisotopic (exact) mass is 295 g/mol. The summed E-state index contributed by atoms with van der Waals surface area (Å²) >= 11 is 2.04. The second kappa shape index (κ2) is 8.17. The lowest BCUT2D eigenvalue weighted by atomic mass is 10.2. The van der Waals surface area contributed by atoms with Crippen molar-refractivity contribution in [1.29, 1.82) is 0 Å². The normalized spacial score (nSPS) is 18.7. The van der Waals surface area contributed by atoms with E-state index in [1.165, 1.54) is 25.0 Å². The molecule has 1 saturated heterocycles. The van der Waals surface area contributed by atoms with Crippen LogP contribution in [0.5, 0.6) is 5.75 Å². The van der Waals surface area contributed by atoms with Gasteiger partial charge in [-0.1, -0.05) is 18.6 Å². The third-order valence-corrected chi connectivity index (χ3v) is 4.70. The summed E-state index contributed by atoms with van der Waals surface area (Å²) in [6, 6.07) is 6.74. The van der Waals surface area contributed by atoms with Gasteiger partial charge in [-0.3, -0.25) is 0 Å². The number of ether oxygens (including phenoxy) is 1. The van der Waals surface area contributed by atoms with Gasteiger partial charge in [0.05, 0.1) is 0 Å². The molecule has 0 bridgehead atoms. The summed E-state index contributed by atoms with van der Waals surface area (Å²) < 4.78 is 5.54. The van der Waals surface area contributed by atoms with E-state index in [9.17, 15) is 4.79 Å². The van der Waals surface area contributed by atoms with E-state index in [0.29, 0.717) is 12.4 Å². The fraction of sp³-hybridized carbons (Fsp3) is 0.533. The van der Waals surface area contributed by atoms with Crippen LogP contribution in [-0.2, 0) is 0 Å². The van der Waals surface area contributed by atoms with Crippen LogP contribution in [0.1, 0.15) is 29.6 Å². The predicted octanol–water partition coefficient (Wildman–Crippen LogP) is 2.64. The zero-order valence-corrected chi connectivity index (χ0v) is 12.3. The molecule has 1 aromatic carbocycles. The Morgan fingerprint density at radius 1 is 1.40 bits per heavy atom. The zero-order chi connectivity index (χ0) is 14.2. The number of carboxylic acid groups (broad SMARTS) is 1. The van der Waals surface area contributed by atoms with Crippen LogP contribution in [0.3, 0.4) is 0 Å². The van der Waals surface area contributed by atoms with Crippen molar-refractivity contribution in [3.05, 3.63) is 29.8 Å². The molecule has 1 unspecified atom stereocenters.